The number of allylic oxidation sites excluding steroid dienone is 4. The number of nitriles is 1. The Morgan fingerprint density at radius 2 is 1.91 bits per heavy atom. The Hall–Kier alpha value is -3.13. The first-order chi connectivity index (χ1) is 15.0. The van der Waals surface area contributed by atoms with Crippen LogP contribution in [0.2, 0.25) is 5.15 Å². The van der Waals surface area contributed by atoms with Crippen molar-refractivity contribution in [3.05, 3.63) is 65.5 Å². The first-order valence-corrected chi connectivity index (χ1v) is 11.1. The molecule has 0 fully saturated rings. The van der Waals surface area contributed by atoms with Gasteiger partial charge in [-0.3, -0.25) is 0 Å². The van der Waals surface area contributed by atoms with Gasteiger partial charge in [-0.25, -0.2) is 13.4 Å². The van der Waals surface area contributed by atoms with Crippen LogP contribution in [0.15, 0.2) is 59.7 Å². The molecule has 2 aromatic heterocycles. The highest BCUT2D eigenvalue weighted by Gasteiger charge is 2.38. The molecule has 0 aliphatic heterocycles. The molecular weight excluding hydrogens is 465 g/mol. The lowest BCUT2D eigenvalue weighted by Crippen LogP contribution is -2.42. The number of benzene rings is 1. The van der Waals surface area contributed by atoms with Crippen LogP contribution < -0.4 is 4.72 Å². The second kappa shape index (κ2) is 7.78. The second-order valence-electron chi connectivity index (χ2n) is 7.05. The van der Waals surface area contributed by atoms with E-state index in [0.29, 0.717) is 27.7 Å². The number of alkyl halides is 3. The summed E-state index contributed by atoms with van der Waals surface area (Å²) in [4.78, 5) is 3.76. The van der Waals surface area contributed by atoms with Gasteiger partial charge in [-0.05, 0) is 42.8 Å². The van der Waals surface area contributed by atoms with E-state index >= 15 is 0 Å². The van der Waals surface area contributed by atoms with Crippen molar-refractivity contribution < 1.29 is 21.6 Å². The van der Waals surface area contributed by atoms with Crippen molar-refractivity contribution in [3.8, 4) is 17.3 Å². The molecule has 0 radical (unpaired) electrons. The van der Waals surface area contributed by atoms with E-state index in [0.717, 1.165) is 12.6 Å². The number of nitrogens with zero attached hydrogens (tertiary/aromatic N) is 3. The van der Waals surface area contributed by atoms with Crippen molar-refractivity contribution in [2.75, 3.05) is 0 Å². The van der Waals surface area contributed by atoms with Crippen LogP contribution >= 0.6 is 11.6 Å². The molecule has 6 nitrogen and oxygen atoms in total. The minimum Gasteiger partial charge on any atom is -0.306 e. The molecule has 1 atom stereocenters. The van der Waals surface area contributed by atoms with Gasteiger partial charge >= 0.3 is 6.18 Å². The Labute approximate surface area is 186 Å². The van der Waals surface area contributed by atoms with Crippen LogP contribution in [0, 0.1) is 11.3 Å². The summed E-state index contributed by atoms with van der Waals surface area (Å²) >= 11 is 6.02. The van der Waals surface area contributed by atoms with Gasteiger partial charge in [0, 0.05) is 11.1 Å². The number of halogens is 4. The molecule has 32 heavy (non-hydrogen) atoms. The highest BCUT2D eigenvalue weighted by molar-refractivity contribution is 7.89. The smallest absolute Gasteiger partial charge is 0.306 e. The number of aromatic nitrogens is 2. The number of hydrogen-bond acceptors (Lipinski definition) is 4. The average Bonchev–Trinajstić information content (AvgIpc) is 2.99. The zero-order valence-electron chi connectivity index (χ0n) is 16.4. The van der Waals surface area contributed by atoms with Crippen LogP contribution in [0.25, 0.3) is 27.9 Å². The monoisotopic (exact) mass is 478 g/mol. The van der Waals surface area contributed by atoms with Gasteiger partial charge in [0.2, 0.25) is 10.0 Å². The van der Waals surface area contributed by atoms with Crippen LogP contribution in [-0.4, -0.2) is 30.2 Å². The maximum atomic E-state index is 12.8. The first-order valence-electron chi connectivity index (χ1n) is 9.21. The molecule has 1 aromatic carbocycles. The van der Waals surface area contributed by atoms with E-state index in [1.807, 2.05) is 18.2 Å². The van der Waals surface area contributed by atoms with Gasteiger partial charge < -0.3 is 4.57 Å². The number of hydrogen-bond donors (Lipinski definition) is 1. The van der Waals surface area contributed by atoms with Crippen LogP contribution in [0.1, 0.15) is 12.5 Å². The third kappa shape index (κ3) is 3.79. The molecule has 0 saturated heterocycles. The number of nitrogens with one attached hydrogen (secondary N) is 1. The molecule has 1 aliphatic rings. The van der Waals surface area contributed by atoms with E-state index in [1.54, 1.807) is 15.4 Å². The standard InChI is InChI=1S/C21H14ClF3N4O2S/c1-12(21(23,24)25)28-32(30,31)15-7-5-13(6-8-15)20-17(10-26)16-9-19(22)27-11-18(16)29(20)14-3-2-4-14/h2-9,11-12,28H,1H3/t12-/m1/s1. The Morgan fingerprint density at radius 1 is 1.25 bits per heavy atom. The topological polar surface area (TPSA) is 87.8 Å². The largest absolute Gasteiger partial charge is 0.404 e. The Morgan fingerprint density at radius 3 is 2.44 bits per heavy atom. The van der Waals surface area contributed by atoms with Crippen LogP contribution in [0.5, 0.6) is 0 Å². The Balaban J connectivity index is 1.82. The molecule has 0 saturated carbocycles. The molecule has 4 rings (SSSR count). The summed E-state index contributed by atoms with van der Waals surface area (Å²) in [6.45, 7) is 0.725. The van der Waals surface area contributed by atoms with E-state index in [2.05, 4.69) is 11.1 Å². The predicted molar refractivity (Wildman–Crippen MR) is 114 cm³/mol. The summed E-state index contributed by atoms with van der Waals surface area (Å²) < 4.78 is 66.4. The average molecular weight is 479 g/mol. The maximum absolute atomic E-state index is 12.8. The fraction of sp³-hybridized carbons (Fsp3) is 0.143. The molecule has 0 spiro atoms. The number of pyridine rings is 1. The zero-order valence-corrected chi connectivity index (χ0v) is 17.9. The van der Waals surface area contributed by atoms with Crippen molar-refractivity contribution >= 4 is 38.2 Å². The molecule has 2 heterocycles. The summed E-state index contributed by atoms with van der Waals surface area (Å²) in [5.74, 6) is 0. The number of fused-ring (bicyclic) bond motifs is 1. The van der Waals surface area contributed by atoms with E-state index in [4.69, 9.17) is 11.6 Å². The van der Waals surface area contributed by atoms with E-state index < -0.39 is 22.2 Å². The molecule has 0 amide bonds. The number of rotatable bonds is 5. The minimum atomic E-state index is -4.71. The normalized spacial score (nSPS) is 14.7. The van der Waals surface area contributed by atoms with E-state index in [9.17, 15) is 26.9 Å². The van der Waals surface area contributed by atoms with Gasteiger partial charge in [0.1, 0.15) is 17.3 Å². The molecular formula is C21H14ClF3N4O2S. The van der Waals surface area contributed by atoms with Crippen molar-refractivity contribution in [1.82, 2.24) is 14.3 Å². The van der Waals surface area contributed by atoms with Gasteiger partial charge in [-0.2, -0.15) is 23.2 Å². The molecule has 0 unspecified atom stereocenters. The van der Waals surface area contributed by atoms with Gasteiger partial charge in [0.05, 0.1) is 27.9 Å². The van der Waals surface area contributed by atoms with E-state index in [-0.39, 0.29) is 10.0 Å². The fourth-order valence-corrected chi connectivity index (χ4v) is 4.69. The van der Waals surface area contributed by atoms with Crippen LogP contribution in [-0.2, 0) is 10.0 Å². The van der Waals surface area contributed by atoms with Crippen molar-refractivity contribution in [2.45, 2.75) is 24.0 Å². The molecule has 1 N–H and O–H groups in total. The summed E-state index contributed by atoms with van der Waals surface area (Å²) in [5, 5.41) is 10.6. The van der Waals surface area contributed by atoms with Gasteiger partial charge in [-0.1, -0.05) is 29.8 Å². The SMILES string of the molecule is C[C@@H](NS(=O)(=O)c1ccc(-c2c(C#N)c3cc(Cl)ncc3n2C2=CC=C2)cc1)C(F)(F)F. The van der Waals surface area contributed by atoms with Gasteiger partial charge in [0.25, 0.3) is 0 Å². The van der Waals surface area contributed by atoms with Crippen molar-refractivity contribution in [3.63, 3.8) is 0 Å². The Bertz CT molecular complexity index is 1430. The molecule has 3 aromatic rings. The third-order valence-electron chi connectivity index (χ3n) is 4.99. The van der Waals surface area contributed by atoms with Crippen molar-refractivity contribution in [2.24, 2.45) is 0 Å². The van der Waals surface area contributed by atoms with Crippen LogP contribution in [0.3, 0.4) is 0 Å². The zero-order chi connectivity index (χ0) is 23.3. The van der Waals surface area contributed by atoms with Gasteiger partial charge in [-0.15, -0.1) is 0 Å². The lowest BCUT2D eigenvalue weighted by Gasteiger charge is -2.18. The highest BCUT2D eigenvalue weighted by Crippen LogP contribution is 2.38. The number of sulfonamides is 1. The maximum Gasteiger partial charge on any atom is 0.404 e. The quantitative estimate of drug-likeness (QED) is 0.530. The summed E-state index contributed by atoms with van der Waals surface area (Å²) in [6.07, 6.45) is 2.31. The van der Waals surface area contributed by atoms with Crippen molar-refractivity contribution in [1.29, 1.82) is 5.26 Å². The summed E-state index contributed by atoms with van der Waals surface area (Å²) in [5.41, 5.74) is 2.72. The molecule has 11 heteroatoms. The van der Waals surface area contributed by atoms with E-state index in [1.165, 1.54) is 30.5 Å². The minimum absolute atomic E-state index is 0.210. The summed E-state index contributed by atoms with van der Waals surface area (Å²) in [6, 6.07) is 6.76. The fourth-order valence-electron chi connectivity index (χ4n) is 3.31. The Kier molecular flexibility index (Phi) is 5.36. The first kappa shape index (κ1) is 22.1. The van der Waals surface area contributed by atoms with Crippen LogP contribution in [0.4, 0.5) is 13.2 Å². The lowest BCUT2D eigenvalue weighted by atomic mass is 10.1. The molecule has 0 bridgehead atoms. The molecule has 164 valence electrons. The molecule has 1 aliphatic carbocycles. The lowest BCUT2D eigenvalue weighted by molar-refractivity contribution is -0.147. The summed E-state index contributed by atoms with van der Waals surface area (Å²) in [7, 11) is -4.40. The van der Waals surface area contributed by atoms with Gasteiger partial charge in [0.15, 0.2) is 0 Å². The third-order valence-corrected chi connectivity index (χ3v) is 6.75. The second-order valence-corrected chi connectivity index (χ2v) is 9.16. The predicted octanol–water partition coefficient (Wildman–Crippen LogP) is 4.87. The highest BCUT2D eigenvalue weighted by atomic mass is 35.5.